The largest absolute Gasteiger partial charge is 0.462 e. The van der Waals surface area contributed by atoms with Crippen LogP contribution in [0.3, 0.4) is 0 Å². The number of nitrogens with zero attached hydrogens (tertiary/aromatic N) is 2. The van der Waals surface area contributed by atoms with Crippen molar-refractivity contribution in [1.82, 2.24) is 9.38 Å². The maximum Gasteiger partial charge on any atom is 0.341 e. The van der Waals surface area contributed by atoms with Crippen LogP contribution in [0.2, 0.25) is 0 Å². The number of ether oxygens (including phenoxy) is 1. The zero-order valence-corrected chi connectivity index (χ0v) is 15.1. The van der Waals surface area contributed by atoms with Gasteiger partial charge in [-0.3, -0.25) is 4.79 Å². The topological polar surface area (TPSA) is 72.7 Å². The van der Waals surface area contributed by atoms with Gasteiger partial charge in [0.05, 0.1) is 24.3 Å². The van der Waals surface area contributed by atoms with E-state index in [0.29, 0.717) is 22.9 Å². The van der Waals surface area contributed by atoms with Crippen LogP contribution in [0.25, 0.3) is 5.65 Å². The third-order valence-corrected chi connectivity index (χ3v) is 4.58. The molecule has 7 heteroatoms. The second-order valence-electron chi connectivity index (χ2n) is 5.75. The number of hydrogen-bond donors (Lipinski definition) is 1. The summed E-state index contributed by atoms with van der Waals surface area (Å²) in [5.74, 6) is -0.641. The van der Waals surface area contributed by atoms with E-state index in [1.807, 2.05) is 42.8 Å². The van der Waals surface area contributed by atoms with Gasteiger partial charge in [-0.05, 0) is 44.5 Å². The Morgan fingerprint density at radius 3 is 2.88 bits per heavy atom. The van der Waals surface area contributed by atoms with Gasteiger partial charge in [0.2, 0.25) is 5.91 Å². The van der Waals surface area contributed by atoms with Crippen molar-refractivity contribution in [3.8, 4) is 0 Å². The second-order valence-corrected chi connectivity index (χ2v) is 7.00. The fourth-order valence-corrected chi connectivity index (χ4v) is 3.44. The SMILES string of the molecule is CCOC(=O)c1cc(C)sc1NC(=O)Cc1cn2ccc(C)cc2n1. The third kappa shape index (κ3) is 3.88. The number of anilines is 1. The minimum atomic E-state index is -0.426. The maximum absolute atomic E-state index is 12.4. The van der Waals surface area contributed by atoms with E-state index in [0.717, 1.165) is 16.1 Å². The number of thiophene rings is 1. The molecule has 0 bridgehead atoms. The van der Waals surface area contributed by atoms with Gasteiger partial charge in [0.1, 0.15) is 10.6 Å². The number of imidazole rings is 1. The molecule has 130 valence electrons. The van der Waals surface area contributed by atoms with E-state index in [2.05, 4.69) is 10.3 Å². The number of hydrogen-bond acceptors (Lipinski definition) is 5. The van der Waals surface area contributed by atoms with Crippen LogP contribution in [0.1, 0.15) is 33.4 Å². The summed E-state index contributed by atoms with van der Waals surface area (Å²) in [6, 6.07) is 5.67. The van der Waals surface area contributed by atoms with Gasteiger partial charge in [-0.15, -0.1) is 11.3 Å². The summed E-state index contributed by atoms with van der Waals surface area (Å²) in [6.07, 6.45) is 3.89. The van der Waals surface area contributed by atoms with Crippen LogP contribution in [0.4, 0.5) is 5.00 Å². The van der Waals surface area contributed by atoms with E-state index in [4.69, 9.17) is 4.74 Å². The summed E-state index contributed by atoms with van der Waals surface area (Å²) in [4.78, 5) is 29.7. The lowest BCUT2D eigenvalue weighted by Crippen LogP contribution is -2.16. The number of esters is 1. The minimum Gasteiger partial charge on any atom is -0.462 e. The van der Waals surface area contributed by atoms with Crippen molar-refractivity contribution in [3.05, 3.63) is 52.3 Å². The molecule has 1 amide bonds. The highest BCUT2D eigenvalue weighted by molar-refractivity contribution is 7.16. The van der Waals surface area contributed by atoms with Gasteiger partial charge in [0.25, 0.3) is 0 Å². The van der Waals surface area contributed by atoms with Crippen LogP contribution in [0.5, 0.6) is 0 Å². The zero-order valence-electron chi connectivity index (χ0n) is 14.3. The predicted molar refractivity (Wildman–Crippen MR) is 97.3 cm³/mol. The van der Waals surface area contributed by atoms with Crippen molar-refractivity contribution in [2.75, 3.05) is 11.9 Å². The lowest BCUT2D eigenvalue weighted by Gasteiger charge is -2.05. The molecule has 0 saturated carbocycles. The fraction of sp³-hybridized carbons (Fsp3) is 0.278. The lowest BCUT2D eigenvalue weighted by molar-refractivity contribution is -0.115. The predicted octanol–water partition coefficient (Wildman–Crippen LogP) is 3.37. The first kappa shape index (κ1) is 17.2. The number of pyridine rings is 1. The molecule has 0 radical (unpaired) electrons. The highest BCUT2D eigenvalue weighted by Gasteiger charge is 2.18. The van der Waals surface area contributed by atoms with Crippen LogP contribution in [0, 0.1) is 13.8 Å². The van der Waals surface area contributed by atoms with Gasteiger partial charge in [-0.2, -0.15) is 0 Å². The van der Waals surface area contributed by atoms with Crippen LogP contribution in [0.15, 0.2) is 30.6 Å². The summed E-state index contributed by atoms with van der Waals surface area (Å²) in [6.45, 7) is 5.92. The zero-order chi connectivity index (χ0) is 18.0. The molecule has 0 aliphatic carbocycles. The Morgan fingerprint density at radius 1 is 1.32 bits per heavy atom. The van der Waals surface area contributed by atoms with Crippen LogP contribution in [-0.2, 0) is 16.0 Å². The molecular weight excluding hydrogens is 338 g/mol. The Balaban J connectivity index is 1.74. The van der Waals surface area contributed by atoms with Gasteiger partial charge in [0.15, 0.2) is 0 Å². The first-order valence-corrected chi connectivity index (χ1v) is 8.79. The molecule has 3 aromatic heterocycles. The minimum absolute atomic E-state index is 0.139. The number of fused-ring (bicyclic) bond motifs is 1. The Labute approximate surface area is 149 Å². The fourth-order valence-electron chi connectivity index (χ4n) is 2.52. The van der Waals surface area contributed by atoms with Gasteiger partial charge in [0, 0.05) is 17.3 Å². The third-order valence-electron chi connectivity index (χ3n) is 3.61. The Kier molecular flexibility index (Phi) is 4.85. The summed E-state index contributed by atoms with van der Waals surface area (Å²) in [5.41, 5.74) is 2.99. The van der Waals surface area contributed by atoms with E-state index < -0.39 is 5.97 Å². The molecule has 25 heavy (non-hydrogen) atoms. The average Bonchev–Trinajstić information content (AvgIpc) is 3.09. The average molecular weight is 357 g/mol. The number of rotatable bonds is 5. The van der Waals surface area contributed by atoms with Crippen LogP contribution >= 0.6 is 11.3 Å². The van der Waals surface area contributed by atoms with Crippen molar-refractivity contribution in [1.29, 1.82) is 0 Å². The van der Waals surface area contributed by atoms with Crippen molar-refractivity contribution >= 4 is 33.9 Å². The summed E-state index contributed by atoms with van der Waals surface area (Å²) < 4.78 is 6.92. The van der Waals surface area contributed by atoms with Crippen molar-refractivity contribution in [3.63, 3.8) is 0 Å². The van der Waals surface area contributed by atoms with Gasteiger partial charge < -0.3 is 14.5 Å². The molecule has 0 fully saturated rings. The van der Waals surface area contributed by atoms with Gasteiger partial charge in [-0.1, -0.05) is 0 Å². The molecule has 0 spiro atoms. The first-order valence-electron chi connectivity index (χ1n) is 7.98. The lowest BCUT2D eigenvalue weighted by atomic mass is 10.2. The van der Waals surface area contributed by atoms with Crippen molar-refractivity contribution < 1.29 is 14.3 Å². The summed E-state index contributed by atoms with van der Waals surface area (Å²) in [7, 11) is 0. The molecule has 0 aliphatic rings. The number of carbonyl (C=O) groups is 2. The number of nitrogens with one attached hydrogen (secondary N) is 1. The highest BCUT2D eigenvalue weighted by Crippen LogP contribution is 2.28. The standard InChI is InChI=1S/C18H19N3O3S/c1-4-24-18(23)14-8-12(3)25-17(14)20-16(22)9-13-10-21-6-5-11(2)7-15(21)19-13/h5-8,10H,4,9H2,1-3H3,(H,20,22). The number of carbonyl (C=O) groups excluding carboxylic acids is 2. The number of aryl methyl sites for hydroxylation is 2. The summed E-state index contributed by atoms with van der Waals surface area (Å²) in [5, 5.41) is 3.32. The van der Waals surface area contributed by atoms with E-state index in [1.165, 1.54) is 11.3 Å². The molecule has 3 heterocycles. The molecule has 1 N–H and O–H groups in total. The summed E-state index contributed by atoms with van der Waals surface area (Å²) >= 11 is 1.36. The Hall–Kier alpha value is -2.67. The number of aromatic nitrogens is 2. The normalized spacial score (nSPS) is 10.8. The smallest absolute Gasteiger partial charge is 0.341 e. The molecule has 0 unspecified atom stereocenters. The molecule has 0 saturated heterocycles. The Morgan fingerprint density at radius 2 is 2.12 bits per heavy atom. The van der Waals surface area contributed by atoms with E-state index in [-0.39, 0.29) is 12.3 Å². The molecule has 0 aliphatic heterocycles. The van der Waals surface area contributed by atoms with E-state index in [1.54, 1.807) is 13.0 Å². The molecular formula is C18H19N3O3S. The molecule has 3 rings (SSSR count). The highest BCUT2D eigenvalue weighted by atomic mass is 32.1. The van der Waals surface area contributed by atoms with Gasteiger partial charge in [-0.25, -0.2) is 9.78 Å². The van der Waals surface area contributed by atoms with Crippen LogP contribution in [-0.4, -0.2) is 27.9 Å². The molecule has 3 aromatic rings. The van der Waals surface area contributed by atoms with E-state index in [9.17, 15) is 9.59 Å². The van der Waals surface area contributed by atoms with Crippen molar-refractivity contribution in [2.45, 2.75) is 27.2 Å². The van der Waals surface area contributed by atoms with Crippen molar-refractivity contribution in [2.24, 2.45) is 0 Å². The quantitative estimate of drug-likeness (QED) is 0.711. The van der Waals surface area contributed by atoms with Gasteiger partial charge >= 0.3 is 5.97 Å². The van der Waals surface area contributed by atoms with E-state index >= 15 is 0 Å². The maximum atomic E-state index is 12.4. The first-order chi connectivity index (χ1) is 12.0. The number of amides is 1. The molecule has 0 aromatic carbocycles. The second kappa shape index (κ2) is 7.06. The molecule has 6 nitrogen and oxygen atoms in total. The monoisotopic (exact) mass is 357 g/mol. The molecule has 0 atom stereocenters. The Bertz CT molecular complexity index is 942. The van der Waals surface area contributed by atoms with Crippen LogP contribution < -0.4 is 5.32 Å².